The van der Waals surface area contributed by atoms with Gasteiger partial charge in [-0.25, -0.2) is 0 Å². The first-order valence-electron chi connectivity index (χ1n) is 12.4. The molecule has 0 aliphatic carbocycles. The van der Waals surface area contributed by atoms with Gasteiger partial charge in [-0.05, 0) is 6.42 Å². The van der Waals surface area contributed by atoms with Crippen LogP contribution in [0.15, 0.2) is 0 Å². The molecular formula is C24H52N2. The monoisotopic (exact) mass is 368 g/mol. The zero-order chi connectivity index (χ0) is 19.0. The summed E-state index contributed by atoms with van der Waals surface area (Å²) >= 11 is 0. The van der Waals surface area contributed by atoms with E-state index in [2.05, 4.69) is 24.7 Å². The van der Waals surface area contributed by atoms with Gasteiger partial charge < -0.3 is 0 Å². The second-order valence-corrected chi connectivity index (χ2v) is 8.17. The third kappa shape index (κ3) is 23.9. The highest BCUT2D eigenvalue weighted by atomic mass is 15.3. The van der Waals surface area contributed by atoms with E-state index < -0.39 is 0 Å². The van der Waals surface area contributed by atoms with Crippen LogP contribution in [-0.4, -0.2) is 13.1 Å². The van der Waals surface area contributed by atoms with Gasteiger partial charge in [0.25, 0.3) is 0 Å². The number of nitrogens with one attached hydrogen (secondary N) is 2. The minimum atomic E-state index is 1.01. The molecule has 0 saturated carbocycles. The van der Waals surface area contributed by atoms with Gasteiger partial charge in [-0.3, -0.25) is 10.9 Å². The maximum atomic E-state index is 3.24. The van der Waals surface area contributed by atoms with Crippen molar-refractivity contribution in [3.8, 4) is 0 Å². The van der Waals surface area contributed by atoms with Crippen molar-refractivity contribution in [2.45, 2.75) is 142 Å². The van der Waals surface area contributed by atoms with E-state index in [0.29, 0.717) is 0 Å². The largest absolute Gasteiger partial charge is 0.258 e. The van der Waals surface area contributed by atoms with Crippen molar-refractivity contribution < 1.29 is 0 Å². The summed E-state index contributed by atoms with van der Waals surface area (Å²) in [6, 6.07) is 0. The van der Waals surface area contributed by atoms with Gasteiger partial charge in [0.1, 0.15) is 0 Å². The molecule has 0 aromatic carbocycles. The summed E-state index contributed by atoms with van der Waals surface area (Å²) in [5.74, 6) is 0. The van der Waals surface area contributed by atoms with Crippen LogP contribution >= 0.6 is 0 Å². The van der Waals surface area contributed by atoms with Crippen molar-refractivity contribution in [2.24, 2.45) is 0 Å². The lowest BCUT2D eigenvalue weighted by molar-refractivity contribution is 0.502. The second kappa shape index (κ2) is 24.9. The van der Waals surface area contributed by atoms with Crippen molar-refractivity contribution >= 4 is 0 Å². The highest BCUT2D eigenvalue weighted by molar-refractivity contribution is 4.51. The quantitative estimate of drug-likeness (QED) is 0.141. The zero-order valence-corrected chi connectivity index (χ0v) is 18.6. The molecule has 0 unspecified atom stereocenters. The average molecular weight is 369 g/mol. The predicted octanol–water partition coefficient (Wildman–Crippen LogP) is 7.92. The molecule has 0 atom stereocenters. The Kier molecular flexibility index (Phi) is 24.8. The van der Waals surface area contributed by atoms with Crippen LogP contribution in [0.1, 0.15) is 142 Å². The van der Waals surface area contributed by atoms with Gasteiger partial charge in [-0.1, -0.05) is 136 Å². The molecule has 0 amide bonds. The first-order valence-corrected chi connectivity index (χ1v) is 12.4. The van der Waals surface area contributed by atoms with Gasteiger partial charge in [0.15, 0.2) is 0 Å². The smallest absolute Gasteiger partial charge is 0.00997 e. The fourth-order valence-electron chi connectivity index (χ4n) is 3.68. The number of hydrazine groups is 1. The summed E-state index contributed by atoms with van der Waals surface area (Å²) in [6.07, 6.45) is 29.0. The third-order valence-electron chi connectivity index (χ3n) is 5.46. The lowest BCUT2D eigenvalue weighted by atomic mass is 10.0. The van der Waals surface area contributed by atoms with Crippen LogP contribution in [0.3, 0.4) is 0 Å². The topological polar surface area (TPSA) is 24.1 Å². The van der Waals surface area contributed by atoms with Crippen molar-refractivity contribution in [1.29, 1.82) is 0 Å². The van der Waals surface area contributed by atoms with Gasteiger partial charge in [-0.15, -0.1) is 0 Å². The van der Waals surface area contributed by atoms with E-state index in [1.165, 1.54) is 128 Å². The molecule has 2 N–H and O–H groups in total. The van der Waals surface area contributed by atoms with E-state index >= 15 is 0 Å². The van der Waals surface area contributed by atoms with Crippen molar-refractivity contribution in [3.05, 3.63) is 0 Å². The SMILES string of the molecule is CCCCCCCCCCCCCCCCCCCCCCNNCC. The van der Waals surface area contributed by atoms with E-state index in [-0.39, 0.29) is 0 Å². The van der Waals surface area contributed by atoms with Gasteiger partial charge >= 0.3 is 0 Å². The Morgan fingerprint density at radius 3 is 0.962 bits per heavy atom. The zero-order valence-electron chi connectivity index (χ0n) is 18.6. The first-order chi connectivity index (χ1) is 12.9. The van der Waals surface area contributed by atoms with Gasteiger partial charge in [0, 0.05) is 13.1 Å². The van der Waals surface area contributed by atoms with E-state index in [0.717, 1.165) is 13.1 Å². The van der Waals surface area contributed by atoms with Crippen molar-refractivity contribution in [3.63, 3.8) is 0 Å². The number of hydrogen-bond acceptors (Lipinski definition) is 2. The summed E-state index contributed by atoms with van der Waals surface area (Å²) in [4.78, 5) is 0. The maximum Gasteiger partial charge on any atom is 0.00997 e. The standard InChI is InChI=1S/C24H52N2/c1-3-5-6-7-8-9-10-11-12-13-14-15-16-17-18-19-20-21-22-23-24-26-25-4-2/h25-26H,3-24H2,1-2H3. The van der Waals surface area contributed by atoms with Crippen LogP contribution in [-0.2, 0) is 0 Å². The average Bonchev–Trinajstić information content (AvgIpc) is 2.66. The van der Waals surface area contributed by atoms with E-state index in [9.17, 15) is 0 Å². The normalized spacial score (nSPS) is 11.3. The van der Waals surface area contributed by atoms with E-state index in [1.807, 2.05) is 0 Å². The molecule has 0 aromatic rings. The van der Waals surface area contributed by atoms with E-state index in [1.54, 1.807) is 0 Å². The molecule has 0 spiro atoms. The molecule has 0 aromatic heterocycles. The third-order valence-corrected chi connectivity index (χ3v) is 5.46. The van der Waals surface area contributed by atoms with Crippen LogP contribution in [0.25, 0.3) is 0 Å². The van der Waals surface area contributed by atoms with Crippen LogP contribution in [0.5, 0.6) is 0 Å². The molecule has 0 aliphatic heterocycles. The highest BCUT2D eigenvalue weighted by Crippen LogP contribution is 2.14. The molecule has 158 valence electrons. The molecule has 0 saturated heterocycles. The Bertz CT molecular complexity index is 206. The molecule has 2 heteroatoms. The maximum absolute atomic E-state index is 3.24. The number of rotatable bonds is 23. The Hall–Kier alpha value is -0.0800. The fraction of sp³-hybridized carbons (Fsp3) is 1.00. The van der Waals surface area contributed by atoms with Gasteiger partial charge in [0.05, 0.1) is 0 Å². The molecule has 0 fully saturated rings. The minimum Gasteiger partial charge on any atom is -0.258 e. The first kappa shape index (κ1) is 25.9. The lowest BCUT2D eigenvalue weighted by Gasteiger charge is -2.05. The van der Waals surface area contributed by atoms with Gasteiger partial charge in [0.2, 0.25) is 0 Å². The summed E-state index contributed by atoms with van der Waals surface area (Å²) in [6.45, 7) is 6.56. The highest BCUT2D eigenvalue weighted by Gasteiger charge is 1.95. The number of hydrogen-bond donors (Lipinski definition) is 2. The van der Waals surface area contributed by atoms with Crippen LogP contribution < -0.4 is 10.9 Å². The van der Waals surface area contributed by atoms with Gasteiger partial charge in [-0.2, -0.15) is 0 Å². The molecule has 0 radical (unpaired) electrons. The Balaban J connectivity index is 2.95. The van der Waals surface area contributed by atoms with Crippen molar-refractivity contribution in [2.75, 3.05) is 13.1 Å². The minimum absolute atomic E-state index is 1.01. The Morgan fingerprint density at radius 2 is 0.654 bits per heavy atom. The van der Waals surface area contributed by atoms with Crippen LogP contribution in [0, 0.1) is 0 Å². The number of unbranched alkanes of at least 4 members (excludes halogenated alkanes) is 19. The Labute approximate surface area is 166 Å². The molecular weight excluding hydrogens is 316 g/mol. The molecule has 0 rings (SSSR count). The summed E-state index contributed by atoms with van der Waals surface area (Å²) in [5.41, 5.74) is 6.40. The summed E-state index contributed by atoms with van der Waals surface area (Å²) in [7, 11) is 0. The molecule has 0 aliphatic rings. The summed E-state index contributed by atoms with van der Waals surface area (Å²) < 4.78 is 0. The summed E-state index contributed by atoms with van der Waals surface area (Å²) in [5, 5.41) is 0. The predicted molar refractivity (Wildman–Crippen MR) is 120 cm³/mol. The van der Waals surface area contributed by atoms with Crippen LogP contribution in [0.4, 0.5) is 0 Å². The van der Waals surface area contributed by atoms with Crippen LogP contribution in [0.2, 0.25) is 0 Å². The molecule has 2 nitrogen and oxygen atoms in total. The second-order valence-electron chi connectivity index (χ2n) is 8.17. The lowest BCUT2D eigenvalue weighted by Crippen LogP contribution is -2.31. The molecule has 26 heavy (non-hydrogen) atoms. The fourth-order valence-corrected chi connectivity index (χ4v) is 3.68. The molecule has 0 bridgehead atoms. The van der Waals surface area contributed by atoms with Crippen molar-refractivity contribution in [1.82, 2.24) is 10.9 Å². The molecule has 0 heterocycles. The Morgan fingerprint density at radius 1 is 0.346 bits per heavy atom. The van der Waals surface area contributed by atoms with E-state index in [4.69, 9.17) is 0 Å².